The van der Waals surface area contributed by atoms with Gasteiger partial charge in [-0.1, -0.05) is 0 Å². The van der Waals surface area contributed by atoms with Gasteiger partial charge >= 0.3 is 0 Å². The molecule has 2 aromatic rings. The number of rotatable bonds is 4. The molecule has 1 aliphatic rings. The number of anilines is 1. The molecular formula is C16H21N3O3S. The van der Waals surface area contributed by atoms with Crippen molar-refractivity contribution in [3.63, 3.8) is 0 Å². The lowest BCUT2D eigenvalue weighted by Crippen LogP contribution is -2.31. The number of benzene rings is 1. The van der Waals surface area contributed by atoms with Crippen LogP contribution in [0.4, 0.5) is 5.69 Å². The molecule has 7 heteroatoms. The fourth-order valence-corrected chi connectivity index (χ4v) is 4.45. The maximum atomic E-state index is 13.0. The van der Waals surface area contributed by atoms with Crippen molar-refractivity contribution in [2.75, 3.05) is 10.8 Å². The van der Waals surface area contributed by atoms with E-state index in [1.54, 1.807) is 25.3 Å². The molecule has 2 heterocycles. The molecule has 1 N–H and O–H groups in total. The van der Waals surface area contributed by atoms with Gasteiger partial charge in [0.1, 0.15) is 11.6 Å². The lowest BCUT2D eigenvalue weighted by atomic mass is 10.1. The van der Waals surface area contributed by atoms with Gasteiger partial charge in [0.2, 0.25) is 0 Å². The van der Waals surface area contributed by atoms with Gasteiger partial charge in [0.15, 0.2) is 5.03 Å². The third kappa shape index (κ3) is 2.81. The molecule has 1 aromatic heterocycles. The Bertz CT molecular complexity index is 796. The second-order valence-electron chi connectivity index (χ2n) is 5.83. The van der Waals surface area contributed by atoms with E-state index in [0.29, 0.717) is 12.2 Å². The maximum Gasteiger partial charge on any atom is 0.283 e. The van der Waals surface area contributed by atoms with Crippen LogP contribution in [0.3, 0.4) is 0 Å². The summed E-state index contributed by atoms with van der Waals surface area (Å²) in [7, 11) is -3.71. The minimum Gasteiger partial charge on any atom is -0.508 e. The first-order valence-corrected chi connectivity index (χ1v) is 9.27. The monoisotopic (exact) mass is 335 g/mol. The van der Waals surface area contributed by atoms with Gasteiger partial charge in [0.05, 0.1) is 5.69 Å². The van der Waals surface area contributed by atoms with E-state index in [0.717, 1.165) is 25.1 Å². The van der Waals surface area contributed by atoms with Crippen LogP contribution in [0.25, 0.3) is 0 Å². The van der Waals surface area contributed by atoms with Gasteiger partial charge in [0.25, 0.3) is 10.0 Å². The number of nitrogens with zero attached hydrogens (tertiary/aromatic N) is 3. The molecule has 1 aromatic carbocycles. The van der Waals surface area contributed by atoms with Crippen molar-refractivity contribution in [3.8, 4) is 5.75 Å². The summed E-state index contributed by atoms with van der Waals surface area (Å²) in [5.74, 6) is 0.942. The van der Waals surface area contributed by atoms with Crippen LogP contribution in [0.15, 0.2) is 35.5 Å². The van der Waals surface area contributed by atoms with E-state index in [9.17, 15) is 13.5 Å². The van der Waals surface area contributed by atoms with Crippen LogP contribution in [0.1, 0.15) is 38.6 Å². The van der Waals surface area contributed by atoms with Gasteiger partial charge in [-0.05, 0) is 51.0 Å². The molecule has 0 saturated heterocycles. The zero-order chi connectivity index (χ0) is 16.6. The first kappa shape index (κ1) is 15.9. The summed E-state index contributed by atoms with van der Waals surface area (Å²) >= 11 is 0. The molecule has 0 radical (unpaired) electrons. The number of aryl methyl sites for hydroxylation is 1. The Kier molecular flexibility index (Phi) is 4.06. The van der Waals surface area contributed by atoms with Crippen LogP contribution in [0, 0.1) is 0 Å². The fraction of sp³-hybridized carbons (Fsp3) is 0.438. The summed E-state index contributed by atoms with van der Waals surface area (Å²) in [6.45, 7) is 4.16. The van der Waals surface area contributed by atoms with Gasteiger partial charge in [-0.2, -0.15) is 8.42 Å². The molecule has 0 aliphatic carbocycles. The van der Waals surface area contributed by atoms with Crippen molar-refractivity contribution in [1.82, 2.24) is 9.55 Å². The highest BCUT2D eigenvalue weighted by atomic mass is 32.2. The minimum atomic E-state index is -3.71. The number of phenols is 1. The molecule has 6 nitrogen and oxygen atoms in total. The Morgan fingerprint density at radius 2 is 2.04 bits per heavy atom. The van der Waals surface area contributed by atoms with Crippen LogP contribution >= 0.6 is 0 Å². The van der Waals surface area contributed by atoms with E-state index >= 15 is 0 Å². The zero-order valence-electron chi connectivity index (χ0n) is 13.3. The Hall–Kier alpha value is -2.02. The van der Waals surface area contributed by atoms with Crippen molar-refractivity contribution >= 4 is 15.7 Å². The Labute approximate surface area is 136 Å². The van der Waals surface area contributed by atoms with E-state index in [1.807, 2.05) is 4.57 Å². The molecule has 23 heavy (non-hydrogen) atoms. The number of fused-ring (bicyclic) bond motifs is 1. The highest BCUT2D eigenvalue weighted by Gasteiger charge is 2.29. The Morgan fingerprint density at radius 1 is 1.35 bits per heavy atom. The molecular weight excluding hydrogens is 314 g/mol. The molecule has 124 valence electrons. The number of aromatic nitrogens is 2. The standard InChI is InChI=1S/C16H21N3O3S/c1-3-19(13-7-9-14(20)10-8-13)23(21,22)16-11-18-12(2)5-4-6-15(18)17-16/h7-12,20H,3-6H2,1-2H3/t12-/m0/s1. The summed E-state index contributed by atoms with van der Waals surface area (Å²) in [4.78, 5) is 4.37. The lowest BCUT2D eigenvalue weighted by Gasteiger charge is -2.21. The normalized spacial score (nSPS) is 17.7. The highest BCUT2D eigenvalue weighted by molar-refractivity contribution is 7.92. The van der Waals surface area contributed by atoms with E-state index in [4.69, 9.17) is 0 Å². The number of sulfonamides is 1. The van der Waals surface area contributed by atoms with Crippen molar-refractivity contribution in [2.24, 2.45) is 0 Å². The van der Waals surface area contributed by atoms with Gasteiger partial charge in [-0.15, -0.1) is 0 Å². The van der Waals surface area contributed by atoms with Gasteiger partial charge < -0.3 is 9.67 Å². The molecule has 0 bridgehead atoms. The molecule has 0 amide bonds. The van der Waals surface area contributed by atoms with Crippen LogP contribution in [0.5, 0.6) is 5.75 Å². The van der Waals surface area contributed by atoms with Crippen LogP contribution < -0.4 is 4.31 Å². The third-order valence-corrected chi connectivity index (χ3v) is 6.04. The van der Waals surface area contributed by atoms with Crippen LogP contribution in [-0.4, -0.2) is 29.6 Å². The largest absolute Gasteiger partial charge is 0.508 e. The minimum absolute atomic E-state index is 0.0937. The second kappa shape index (κ2) is 5.88. The first-order valence-electron chi connectivity index (χ1n) is 7.83. The van der Waals surface area contributed by atoms with Gasteiger partial charge in [-0.25, -0.2) is 4.98 Å². The number of aromatic hydroxyl groups is 1. The average Bonchev–Trinajstić information content (AvgIpc) is 2.96. The Morgan fingerprint density at radius 3 is 2.65 bits per heavy atom. The maximum absolute atomic E-state index is 13.0. The smallest absolute Gasteiger partial charge is 0.283 e. The Balaban J connectivity index is 2.01. The molecule has 0 unspecified atom stereocenters. The fourth-order valence-electron chi connectivity index (χ4n) is 3.02. The topological polar surface area (TPSA) is 75.4 Å². The lowest BCUT2D eigenvalue weighted by molar-refractivity contribution is 0.425. The predicted octanol–water partition coefficient (Wildman–Crippen LogP) is 2.70. The molecule has 0 spiro atoms. The second-order valence-corrected chi connectivity index (χ2v) is 7.64. The number of imidazole rings is 1. The summed E-state index contributed by atoms with van der Waals surface area (Å²) in [5, 5.41) is 9.48. The molecule has 0 saturated carbocycles. The highest BCUT2D eigenvalue weighted by Crippen LogP contribution is 2.29. The number of hydrogen-bond acceptors (Lipinski definition) is 4. The summed E-state index contributed by atoms with van der Waals surface area (Å²) in [5.41, 5.74) is 0.518. The van der Waals surface area contributed by atoms with Crippen molar-refractivity contribution in [1.29, 1.82) is 0 Å². The molecule has 3 rings (SSSR count). The van der Waals surface area contributed by atoms with Crippen molar-refractivity contribution in [2.45, 2.75) is 44.2 Å². The molecule has 0 fully saturated rings. The molecule has 1 aliphatic heterocycles. The van der Waals surface area contributed by atoms with E-state index in [2.05, 4.69) is 11.9 Å². The van der Waals surface area contributed by atoms with Crippen LogP contribution in [-0.2, 0) is 16.4 Å². The zero-order valence-corrected chi connectivity index (χ0v) is 14.1. The predicted molar refractivity (Wildman–Crippen MR) is 88.2 cm³/mol. The average molecular weight is 335 g/mol. The molecule has 1 atom stereocenters. The van der Waals surface area contributed by atoms with Crippen LogP contribution in [0.2, 0.25) is 0 Å². The number of hydrogen-bond donors (Lipinski definition) is 1. The van der Waals surface area contributed by atoms with E-state index < -0.39 is 10.0 Å². The third-order valence-electron chi connectivity index (χ3n) is 4.26. The van der Waals surface area contributed by atoms with Gasteiger partial charge in [-0.3, -0.25) is 4.31 Å². The first-order chi connectivity index (χ1) is 10.9. The number of phenolic OH excluding ortho intramolecular Hbond substituents is 1. The summed E-state index contributed by atoms with van der Waals surface area (Å²) < 4.78 is 29.2. The van der Waals surface area contributed by atoms with Crippen molar-refractivity contribution in [3.05, 3.63) is 36.3 Å². The van der Waals surface area contributed by atoms with Crippen molar-refractivity contribution < 1.29 is 13.5 Å². The quantitative estimate of drug-likeness (QED) is 0.932. The van der Waals surface area contributed by atoms with Gasteiger partial charge in [0, 0.05) is 25.2 Å². The summed E-state index contributed by atoms with van der Waals surface area (Å²) in [6.07, 6.45) is 4.54. The SMILES string of the molecule is CCN(c1ccc(O)cc1)S(=O)(=O)c1cn2c(n1)CCC[C@@H]2C. The van der Waals surface area contributed by atoms with E-state index in [-0.39, 0.29) is 16.8 Å². The van der Waals surface area contributed by atoms with E-state index in [1.165, 1.54) is 16.4 Å². The summed E-state index contributed by atoms with van der Waals surface area (Å²) in [6, 6.07) is 6.42.